The summed E-state index contributed by atoms with van der Waals surface area (Å²) in [4.78, 5) is 0. The summed E-state index contributed by atoms with van der Waals surface area (Å²) < 4.78 is 5.62. The Labute approximate surface area is 91.5 Å². The molecule has 1 aromatic heterocycles. The molecule has 4 heteroatoms. The maximum Gasteiger partial charge on any atom is 0.233 e. The lowest BCUT2D eigenvalue weighted by Crippen LogP contribution is -2.20. The summed E-state index contributed by atoms with van der Waals surface area (Å²) in [5.74, 6) is 2.02. The van der Waals surface area contributed by atoms with Gasteiger partial charge in [0.25, 0.3) is 0 Å². The second-order valence-electron chi connectivity index (χ2n) is 4.15. The van der Waals surface area contributed by atoms with Crippen LogP contribution in [-0.2, 0) is 6.42 Å². The Kier molecular flexibility index (Phi) is 4.75. The van der Waals surface area contributed by atoms with E-state index < -0.39 is 0 Å². The van der Waals surface area contributed by atoms with Gasteiger partial charge in [0.05, 0.1) is 6.04 Å². The highest BCUT2D eigenvalue weighted by molar-refractivity contribution is 4.90. The molecule has 0 bridgehead atoms. The minimum atomic E-state index is 0.198. The van der Waals surface area contributed by atoms with Gasteiger partial charge < -0.3 is 9.73 Å². The van der Waals surface area contributed by atoms with E-state index in [1.165, 1.54) is 0 Å². The third kappa shape index (κ3) is 3.63. The van der Waals surface area contributed by atoms with Crippen LogP contribution >= 0.6 is 0 Å². The maximum atomic E-state index is 5.62. The molecular weight excluding hydrogens is 190 g/mol. The SMILES string of the molecule is CCNC(CC)c1nnc(CC(C)C)o1. The summed E-state index contributed by atoms with van der Waals surface area (Å²) in [5, 5.41) is 11.4. The standard InChI is InChI=1S/C11H21N3O/c1-5-9(12-6-2)11-14-13-10(15-11)7-8(3)4/h8-9,12H,5-7H2,1-4H3. The Hall–Kier alpha value is -0.900. The molecule has 1 rings (SSSR count). The van der Waals surface area contributed by atoms with E-state index in [9.17, 15) is 0 Å². The van der Waals surface area contributed by atoms with Gasteiger partial charge in [-0.3, -0.25) is 0 Å². The van der Waals surface area contributed by atoms with Crippen molar-refractivity contribution in [2.24, 2.45) is 5.92 Å². The summed E-state index contributed by atoms with van der Waals surface area (Å²) >= 11 is 0. The highest BCUT2D eigenvalue weighted by Gasteiger charge is 2.15. The summed E-state index contributed by atoms with van der Waals surface area (Å²) in [7, 11) is 0. The smallest absolute Gasteiger partial charge is 0.233 e. The van der Waals surface area contributed by atoms with E-state index in [4.69, 9.17) is 4.42 Å². The average Bonchev–Trinajstić information content (AvgIpc) is 2.61. The van der Waals surface area contributed by atoms with Gasteiger partial charge in [0.1, 0.15) is 0 Å². The monoisotopic (exact) mass is 211 g/mol. The molecule has 4 nitrogen and oxygen atoms in total. The van der Waals surface area contributed by atoms with E-state index in [1.54, 1.807) is 0 Å². The molecular formula is C11H21N3O. The number of aromatic nitrogens is 2. The van der Waals surface area contributed by atoms with Crippen molar-refractivity contribution in [3.63, 3.8) is 0 Å². The topological polar surface area (TPSA) is 51.0 Å². The van der Waals surface area contributed by atoms with Crippen LogP contribution in [0.25, 0.3) is 0 Å². The predicted molar refractivity (Wildman–Crippen MR) is 59.5 cm³/mol. The molecule has 0 aromatic carbocycles. The van der Waals surface area contributed by atoms with Crippen molar-refractivity contribution in [2.45, 2.75) is 46.6 Å². The molecule has 0 spiro atoms. The van der Waals surface area contributed by atoms with Gasteiger partial charge in [-0.25, -0.2) is 0 Å². The summed E-state index contributed by atoms with van der Waals surface area (Å²) in [6, 6.07) is 0.198. The molecule has 86 valence electrons. The second-order valence-corrected chi connectivity index (χ2v) is 4.15. The highest BCUT2D eigenvalue weighted by Crippen LogP contribution is 2.16. The Morgan fingerprint density at radius 1 is 1.27 bits per heavy atom. The van der Waals surface area contributed by atoms with Crippen LogP contribution in [0, 0.1) is 5.92 Å². The first kappa shape index (κ1) is 12.2. The van der Waals surface area contributed by atoms with Gasteiger partial charge in [0, 0.05) is 6.42 Å². The summed E-state index contributed by atoms with van der Waals surface area (Å²) in [5.41, 5.74) is 0. The van der Waals surface area contributed by atoms with Gasteiger partial charge in [0.15, 0.2) is 0 Å². The van der Waals surface area contributed by atoms with Crippen molar-refractivity contribution in [3.05, 3.63) is 11.8 Å². The Morgan fingerprint density at radius 2 is 2.00 bits per heavy atom. The largest absolute Gasteiger partial charge is 0.424 e. The number of nitrogens with one attached hydrogen (secondary N) is 1. The lowest BCUT2D eigenvalue weighted by Gasteiger charge is -2.10. The number of rotatable bonds is 6. The first-order valence-electron chi connectivity index (χ1n) is 5.73. The Morgan fingerprint density at radius 3 is 2.53 bits per heavy atom. The number of hydrogen-bond acceptors (Lipinski definition) is 4. The van der Waals surface area contributed by atoms with Gasteiger partial charge >= 0.3 is 0 Å². The third-order valence-corrected chi connectivity index (χ3v) is 2.22. The van der Waals surface area contributed by atoms with Crippen LogP contribution in [0.3, 0.4) is 0 Å². The Balaban J connectivity index is 2.64. The van der Waals surface area contributed by atoms with E-state index in [-0.39, 0.29) is 6.04 Å². The van der Waals surface area contributed by atoms with Crippen molar-refractivity contribution in [1.82, 2.24) is 15.5 Å². The van der Waals surface area contributed by atoms with E-state index in [1.807, 2.05) is 0 Å². The molecule has 0 saturated carbocycles. The van der Waals surface area contributed by atoms with Crippen molar-refractivity contribution in [1.29, 1.82) is 0 Å². The number of hydrogen-bond donors (Lipinski definition) is 1. The maximum absolute atomic E-state index is 5.62. The van der Waals surface area contributed by atoms with Crippen molar-refractivity contribution >= 4 is 0 Å². The van der Waals surface area contributed by atoms with Gasteiger partial charge in [-0.2, -0.15) is 0 Å². The van der Waals surface area contributed by atoms with E-state index >= 15 is 0 Å². The van der Waals surface area contributed by atoms with Gasteiger partial charge in [-0.15, -0.1) is 10.2 Å². The zero-order chi connectivity index (χ0) is 11.3. The van der Waals surface area contributed by atoms with Crippen molar-refractivity contribution in [3.8, 4) is 0 Å². The van der Waals surface area contributed by atoms with Crippen molar-refractivity contribution < 1.29 is 4.42 Å². The fourth-order valence-corrected chi connectivity index (χ4v) is 1.49. The van der Waals surface area contributed by atoms with Gasteiger partial charge in [-0.05, 0) is 18.9 Å². The van der Waals surface area contributed by atoms with Crippen LogP contribution < -0.4 is 5.32 Å². The summed E-state index contributed by atoms with van der Waals surface area (Å²) in [6.45, 7) is 9.39. The molecule has 0 aliphatic rings. The number of nitrogens with zero attached hydrogens (tertiary/aromatic N) is 2. The molecule has 0 saturated heterocycles. The molecule has 0 fully saturated rings. The third-order valence-electron chi connectivity index (χ3n) is 2.22. The fourth-order valence-electron chi connectivity index (χ4n) is 1.49. The highest BCUT2D eigenvalue weighted by atomic mass is 16.4. The molecule has 1 unspecified atom stereocenters. The molecule has 15 heavy (non-hydrogen) atoms. The van der Waals surface area contributed by atoms with E-state index in [0.717, 1.165) is 31.2 Å². The normalized spacial score (nSPS) is 13.4. The molecule has 1 atom stereocenters. The zero-order valence-electron chi connectivity index (χ0n) is 10.1. The Bertz CT molecular complexity index is 283. The molecule has 1 N–H and O–H groups in total. The van der Waals surface area contributed by atoms with Crippen LogP contribution in [0.5, 0.6) is 0 Å². The average molecular weight is 211 g/mol. The molecule has 1 aromatic rings. The van der Waals surface area contributed by atoms with E-state index in [0.29, 0.717) is 5.92 Å². The molecule has 0 aliphatic heterocycles. The van der Waals surface area contributed by atoms with Crippen LogP contribution in [-0.4, -0.2) is 16.7 Å². The molecule has 0 aliphatic carbocycles. The second kappa shape index (κ2) is 5.85. The van der Waals surface area contributed by atoms with E-state index in [2.05, 4.69) is 43.2 Å². The predicted octanol–water partition coefficient (Wildman–Crippen LogP) is 2.33. The van der Waals surface area contributed by atoms with Crippen LogP contribution in [0.1, 0.15) is 51.9 Å². The van der Waals surface area contributed by atoms with Crippen molar-refractivity contribution in [2.75, 3.05) is 6.54 Å². The fraction of sp³-hybridized carbons (Fsp3) is 0.818. The minimum Gasteiger partial charge on any atom is -0.424 e. The van der Waals surface area contributed by atoms with Crippen LogP contribution in [0.2, 0.25) is 0 Å². The van der Waals surface area contributed by atoms with Gasteiger partial charge in [0.2, 0.25) is 11.8 Å². The molecule has 0 radical (unpaired) electrons. The van der Waals surface area contributed by atoms with Gasteiger partial charge in [-0.1, -0.05) is 27.7 Å². The van der Waals surface area contributed by atoms with Crippen LogP contribution in [0.15, 0.2) is 4.42 Å². The first-order valence-corrected chi connectivity index (χ1v) is 5.73. The lowest BCUT2D eigenvalue weighted by molar-refractivity contribution is 0.367. The summed E-state index contributed by atoms with van der Waals surface area (Å²) in [6.07, 6.45) is 1.83. The zero-order valence-corrected chi connectivity index (χ0v) is 10.1. The quantitative estimate of drug-likeness (QED) is 0.784. The first-order chi connectivity index (χ1) is 7.17. The molecule has 1 heterocycles. The minimum absolute atomic E-state index is 0.198. The van der Waals surface area contributed by atoms with Crippen LogP contribution in [0.4, 0.5) is 0 Å². The lowest BCUT2D eigenvalue weighted by atomic mass is 10.1. The molecule has 0 amide bonds.